The molecule has 0 unspecified atom stereocenters. The monoisotopic (exact) mass is 387 g/mol. The van der Waals surface area contributed by atoms with Crippen molar-refractivity contribution >= 4 is 21.4 Å². The van der Waals surface area contributed by atoms with Crippen LogP contribution < -0.4 is 11.5 Å². The molecule has 1 aliphatic carbocycles. The molecule has 3 aromatic rings. The van der Waals surface area contributed by atoms with Crippen LogP contribution in [-0.2, 0) is 15.4 Å². The van der Waals surface area contributed by atoms with Gasteiger partial charge in [-0.1, -0.05) is 0 Å². The van der Waals surface area contributed by atoms with Crippen LogP contribution in [0.5, 0.6) is 0 Å². The Balaban J connectivity index is 1.74. The van der Waals surface area contributed by atoms with Crippen molar-refractivity contribution in [1.82, 2.24) is 29.4 Å². The molecule has 0 radical (unpaired) electrons. The quantitative estimate of drug-likeness (QED) is 0.608. The van der Waals surface area contributed by atoms with Crippen molar-refractivity contribution in [3.63, 3.8) is 0 Å². The zero-order valence-electron chi connectivity index (χ0n) is 14.4. The van der Waals surface area contributed by atoms with E-state index in [2.05, 4.69) is 26.2 Å². The van der Waals surface area contributed by atoms with E-state index in [4.69, 9.17) is 11.5 Å². The molecule has 0 amide bonds. The molecular weight excluding hydrogens is 370 g/mol. The lowest BCUT2D eigenvalue weighted by Crippen LogP contribution is -2.66. The fraction of sp³-hybridized carbons (Fsp3) is 0.400. The van der Waals surface area contributed by atoms with Gasteiger partial charge in [0.1, 0.15) is 4.87 Å². The van der Waals surface area contributed by atoms with Crippen molar-refractivity contribution in [2.75, 3.05) is 12.0 Å². The van der Waals surface area contributed by atoms with Gasteiger partial charge in [-0.05, 0) is 0 Å². The topological polar surface area (TPSA) is 171 Å². The summed E-state index contributed by atoms with van der Waals surface area (Å²) >= 11 is 0. The van der Waals surface area contributed by atoms with Gasteiger partial charge in [0.05, 0.1) is 29.8 Å². The maximum atomic E-state index is 12.0. The van der Waals surface area contributed by atoms with E-state index in [0.717, 1.165) is 6.26 Å². The predicted molar refractivity (Wildman–Crippen MR) is 95.6 cm³/mol. The molecule has 3 heterocycles. The first-order chi connectivity index (χ1) is 12.7. The van der Waals surface area contributed by atoms with Crippen molar-refractivity contribution in [3.8, 4) is 17.5 Å². The Morgan fingerprint density at radius 2 is 2.15 bits per heavy atom. The van der Waals surface area contributed by atoms with Gasteiger partial charge in [-0.15, -0.1) is 5.10 Å². The first-order valence-corrected chi connectivity index (χ1v) is 9.95. The van der Waals surface area contributed by atoms with E-state index in [1.54, 1.807) is 29.3 Å². The van der Waals surface area contributed by atoms with E-state index < -0.39 is 20.2 Å². The number of nitrogens with two attached hydrogens (primary N) is 2. The van der Waals surface area contributed by atoms with Gasteiger partial charge < -0.3 is 11.5 Å². The van der Waals surface area contributed by atoms with Gasteiger partial charge in [-0.25, -0.2) is 13.4 Å². The molecule has 1 fully saturated rings. The number of nitriles is 1. The molecular formula is C15H17N9O2S. The van der Waals surface area contributed by atoms with Crippen LogP contribution in [0.25, 0.3) is 17.0 Å². The van der Waals surface area contributed by atoms with Crippen LogP contribution >= 0.6 is 0 Å². The molecule has 0 atom stereocenters. The number of aromatic nitrogens is 6. The van der Waals surface area contributed by atoms with Crippen molar-refractivity contribution in [3.05, 3.63) is 24.7 Å². The molecule has 1 aliphatic rings. The molecule has 11 nitrogen and oxygen atoms in total. The average molecular weight is 387 g/mol. The fourth-order valence-corrected chi connectivity index (χ4v) is 4.63. The summed E-state index contributed by atoms with van der Waals surface area (Å²) in [7, 11) is -3.46. The first kappa shape index (κ1) is 17.4. The molecule has 0 spiro atoms. The third-order valence-electron chi connectivity index (χ3n) is 5.00. The summed E-state index contributed by atoms with van der Waals surface area (Å²) in [5.41, 5.74) is 12.1. The average Bonchev–Trinajstić information content (AvgIpc) is 3.17. The zero-order valence-corrected chi connectivity index (χ0v) is 15.3. The summed E-state index contributed by atoms with van der Waals surface area (Å²) in [6, 6.07) is 3.79. The molecule has 1 saturated carbocycles. The summed E-state index contributed by atoms with van der Waals surface area (Å²) < 4.78 is 27.0. The summed E-state index contributed by atoms with van der Waals surface area (Å²) in [6.07, 6.45) is 6.30. The normalized spacial score (nSPS) is 25.2. The van der Waals surface area contributed by atoms with E-state index in [0.29, 0.717) is 17.0 Å². The second kappa shape index (κ2) is 5.48. The van der Waals surface area contributed by atoms with Gasteiger partial charge >= 0.3 is 0 Å². The molecule has 27 heavy (non-hydrogen) atoms. The number of nitrogens with zero attached hydrogens (tertiary/aromatic N) is 7. The maximum absolute atomic E-state index is 12.0. The summed E-state index contributed by atoms with van der Waals surface area (Å²) in [4.78, 5) is 7.05. The lowest BCUT2D eigenvalue weighted by molar-refractivity contribution is 0.0789. The molecule has 0 aromatic carbocycles. The van der Waals surface area contributed by atoms with Gasteiger partial charge in [0.15, 0.2) is 21.3 Å². The van der Waals surface area contributed by atoms with Gasteiger partial charge in [0.2, 0.25) is 5.95 Å². The number of rotatable bonds is 4. The van der Waals surface area contributed by atoms with Crippen LogP contribution in [0.1, 0.15) is 19.3 Å². The van der Waals surface area contributed by atoms with Gasteiger partial charge in [-0.3, -0.25) is 4.68 Å². The van der Waals surface area contributed by atoms with E-state index in [9.17, 15) is 13.7 Å². The molecule has 140 valence electrons. The third-order valence-corrected chi connectivity index (χ3v) is 6.77. The van der Waals surface area contributed by atoms with Crippen LogP contribution in [0, 0.1) is 11.3 Å². The molecule has 0 aliphatic heterocycles. The van der Waals surface area contributed by atoms with Crippen LogP contribution in [0.2, 0.25) is 0 Å². The number of nitrogen functional groups attached to an aromatic ring is 1. The Kier molecular flexibility index (Phi) is 3.53. The second-order valence-corrected chi connectivity index (χ2v) is 9.29. The molecule has 4 rings (SSSR count). The van der Waals surface area contributed by atoms with Crippen LogP contribution in [0.3, 0.4) is 0 Å². The minimum Gasteiger partial charge on any atom is -0.366 e. The van der Waals surface area contributed by atoms with E-state index in [1.165, 1.54) is 4.52 Å². The van der Waals surface area contributed by atoms with Crippen molar-refractivity contribution in [2.45, 2.75) is 29.7 Å². The summed E-state index contributed by atoms with van der Waals surface area (Å²) in [5.74, 6) is 0.606. The van der Waals surface area contributed by atoms with Crippen LogP contribution in [-0.4, -0.2) is 48.9 Å². The molecule has 4 N–H and O–H groups in total. The standard InChI is InChI=1S/C15H17N9O2S/c1-27(25,26)15(18)8-14(9-15,3-4-16)23-7-10(6-20-23)12-19-5-2-11-21-13(17)22-24(11)12/h2,5-7H,3,8-9,18H2,1H3,(H2,17,22). The minimum absolute atomic E-state index is 0.0937. The highest BCUT2D eigenvalue weighted by atomic mass is 32.2. The molecule has 3 aromatic heterocycles. The highest BCUT2D eigenvalue weighted by Crippen LogP contribution is 2.50. The van der Waals surface area contributed by atoms with E-state index in [1.807, 2.05) is 0 Å². The Bertz CT molecular complexity index is 1180. The van der Waals surface area contributed by atoms with Gasteiger partial charge in [0, 0.05) is 37.6 Å². The van der Waals surface area contributed by atoms with Gasteiger partial charge in [-0.2, -0.15) is 19.9 Å². The number of anilines is 1. The van der Waals surface area contributed by atoms with E-state index >= 15 is 0 Å². The number of sulfone groups is 1. The Hall–Kier alpha value is -3.04. The minimum atomic E-state index is -3.46. The largest absolute Gasteiger partial charge is 0.366 e. The van der Waals surface area contributed by atoms with Crippen molar-refractivity contribution < 1.29 is 8.42 Å². The van der Waals surface area contributed by atoms with Gasteiger partial charge in [0.25, 0.3) is 0 Å². The van der Waals surface area contributed by atoms with Crippen LogP contribution in [0.15, 0.2) is 24.7 Å². The smallest absolute Gasteiger partial charge is 0.240 e. The third kappa shape index (κ3) is 2.54. The Morgan fingerprint density at radius 1 is 1.41 bits per heavy atom. The molecule has 12 heteroatoms. The lowest BCUT2D eigenvalue weighted by atomic mass is 9.70. The van der Waals surface area contributed by atoms with Crippen molar-refractivity contribution in [2.24, 2.45) is 5.73 Å². The molecule has 0 bridgehead atoms. The Morgan fingerprint density at radius 3 is 2.81 bits per heavy atom. The fourth-order valence-electron chi connectivity index (χ4n) is 3.57. The highest BCUT2D eigenvalue weighted by Gasteiger charge is 2.59. The predicted octanol–water partition coefficient (Wildman–Crippen LogP) is -0.328. The van der Waals surface area contributed by atoms with E-state index in [-0.39, 0.29) is 25.2 Å². The zero-order chi connectivity index (χ0) is 19.4. The maximum Gasteiger partial charge on any atom is 0.240 e. The van der Waals surface area contributed by atoms with Crippen molar-refractivity contribution in [1.29, 1.82) is 5.26 Å². The molecule has 0 saturated heterocycles. The second-order valence-electron chi connectivity index (χ2n) is 6.93. The first-order valence-electron chi connectivity index (χ1n) is 8.06. The highest BCUT2D eigenvalue weighted by molar-refractivity contribution is 7.92. The SMILES string of the molecule is CS(=O)(=O)C1(N)CC(CC#N)(n2cc(-c3nccc4nc(N)nn34)cn2)C1. The summed E-state index contributed by atoms with van der Waals surface area (Å²) in [5, 5.41) is 17.7. The number of hydrogen-bond donors (Lipinski definition) is 2. The Labute approximate surface area is 154 Å². The number of fused-ring (bicyclic) bond motifs is 1. The lowest BCUT2D eigenvalue weighted by Gasteiger charge is -2.51. The summed E-state index contributed by atoms with van der Waals surface area (Å²) in [6.45, 7) is 0. The van der Waals surface area contributed by atoms with Crippen LogP contribution in [0.4, 0.5) is 5.95 Å². The number of hydrogen-bond acceptors (Lipinski definition) is 9.